The molecule has 0 saturated carbocycles. The third kappa shape index (κ3) is 4.33. The Morgan fingerprint density at radius 1 is 0.283 bits per heavy atom. The van der Waals surface area contributed by atoms with Crippen molar-refractivity contribution in [3.63, 3.8) is 0 Å². The smallest absolute Gasteiger partial charge is 0.160 e. The third-order valence-electron chi connectivity index (χ3n) is 11.3. The molecule has 1 heterocycles. The maximum Gasteiger partial charge on any atom is 0.160 e. The van der Waals surface area contributed by atoms with Crippen LogP contribution in [0.5, 0.6) is 0 Å². The summed E-state index contributed by atoms with van der Waals surface area (Å²) in [5, 5.41) is 2.37. The second-order valence-corrected chi connectivity index (χ2v) is 14.0. The zero-order chi connectivity index (χ0) is 34.9. The normalized spacial score (nSPS) is 13.1. The van der Waals surface area contributed by atoms with Crippen molar-refractivity contribution in [2.45, 2.75) is 5.41 Å². The molecule has 2 aliphatic carbocycles. The van der Waals surface area contributed by atoms with Crippen LogP contribution in [0.2, 0.25) is 0 Å². The van der Waals surface area contributed by atoms with E-state index in [2.05, 4.69) is 194 Å². The molecule has 1 spiro atoms. The molecule has 8 aromatic carbocycles. The maximum atomic E-state index is 5.38. The third-order valence-corrected chi connectivity index (χ3v) is 11.3. The summed E-state index contributed by atoms with van der Waals surface area (Å²) < 4.78 is 0. The lowest BCUT2D eigenvalue weighted by Gasteiger charge is -2.30. The number of nitrogens with zero attached hydrogens (tertiary/aromatic N) is 2. The van der Waals surface area contributed by atoms with Crippen LogP contribution in [0, 0.1) is 0 Å². The first-order chi connectivity index (χ1) is 26.3. The molecule has 0 bridgehead atoms. The SMILES string of the molecule is c1ccc(-c2cc(-c3ccc(-c4ccccc4)c4ccccc34)nc(-c3ccc4c(c3)-c3ccccc3C43c4ccccc4-c4ccccc43)n2)cc1. The van der Waals surface area contributed by atoms with Gasteiger partial charge in [0, 0.05) is 16.7 Å². The van der Waals surface area contributed by atoms with E-state index in [9.17, 15) is 0 Å². The van der Waals surface area contributed by atoms with E-state index >= 15 is 0 Å². The van der Waals surface area contributed by atoms with Crippen LogP contribution >= 0.6 is 0 Å². The molecule has 53 heavy (non-hydrogen) atoms. The molecule has 0 atom stereocenters. The molecular weight excluding hydrogens is 641 g/mol. The van der Waals surface area contributed by atoms with Gasteiger partial charge in [-0.2, -0.15) is 0 Å². The van der Waals surface area contributed by atoms with Crippen LogP contribution in [-0.2, 0) is 5.41 Å². The predicted octanol–water partition coefficient (Wildman–Crippen LogP) is 12.6. The van der Waals surface area contributed by atoms with Crippen LogP contribution in [0.1, 0.15) is 22.3 Å². The summed E-state index contributed by atoms with van der Waals surface area (Å²) in [7, 11) is 0. The largest absolute Gasteiger partial charge is 0.228 e. The van der Waals surface area contributed by atoms with Gasteiger partial charge in [0.1, 0.15) is 0 Å². The van der Waals surface area contributed by atoms with E-state index in [1.54, 1.807) is 0 Å². The van der Waals surface area contributed by atoms with Crippen LogP contribution in [0.4, 0.5) is 0 Å². The minimum atomic E-state index is -0.380. The maximum absolute atomic E-state index is 5.38. The van der Waals surface area contributed by atoms with Gasteiger partial charge in [0.2, 0.25) is 0 Å². The van der Waals surface area contributed by atoms with E-state index in [1.807, 2.05) is 0 Å². The Morgan fingerprint density at radius 2 is 0.755 bits per heavy atom. The van der Waals surface area contributed by atoms with E-state index in [1.165, 1.54) is 66.4 Å². The Hall–Kier alpha value is -6.90. The molecule has 0 fully saturated rings. The molecule has 11 rings (SSSR count). The van der Waals surface area contributed by atoms with Gasteiger partial charge >= 0.3 is 0 Å². The van der Waals surface area contributed by atoms with Crippen LogP contribution < -0.4 is 0 Å². The predicted molar refractivity (Wildman–Crippen MR) is 218 cm³/mol. The van der Waals surface area contributed by atoms with Crippen molar-refractivity contribution >= 4 is 10.8 Å². The molecule has 0 radical (unpaired) electrons. The van der Waals surface area contributed by atoms with E-state index in [0.717, 1.165) is 28.1 Å². The Labute approximate surface area is 308 Å². The van der Waals surface area contributed by atoms with E-state index in [4.69, 9.17) is 9.97 Å². The minimum absolute atomic E-state index is 0.380. The first kappa shape index (κ1) is 29.8. The lowest BCUT2D eigenvalue weighted by Crippen LogP contribution is -2.25. The second kappa shape index (κ2) is 11.6. The number of fused-ring (bicyclic) bond motifs is 11. The van der Waals surface area contributed by atoms with Gasteiger partial charge in [0.25, 0.3) is 0 Å². The average Bonchev–Trinajstić information content (AvgIpc) is 3.71. The summed E-state index contributed by atoms with van der Waals surface area (Å²) in [6.07, 6.45) is 0. The number of aromatic nitrogens is 2. The highest BCUT2D eigenvalue weighted by Gasteiger charge is 2.51. The quantitative estimate of drug-likeness (QED) is 0.186. The molecule has 2 aliphatic rings. The first-order valence-electron chi connectivity index (χ1n) is 18.3. The highest BCUT2D eigenvalue weighted by molar-refractivity contribution is 6.05. The molecule has 0 amide bonds. The van der Waals surface area contributed by atoms with Crippen LogP contribution in [-0.4, -0.2) is 9.97 Å². The minimum Gasteiger partial charge on any atom is -0.228 e. The van der Waals surface area contributed by atoms with Gasteiger partial charge in [-0.25, -0.2) is 9.97 Å². The molecule has 9 aromatic rings. The summed E-state index contributed by atoms with van der Waals surface area (Å²) in [6.45, 7) is 0. The molecule has 0 unspecified atom stereocenters. The Bertz CT molecular complexity index is 2840. The lowest BCUT2D eigenvalue weighted by atomic mass is 9.70. The average molecular weight is 673 g/mol. The molecule has 1 aromatic heterocycles. The summed E-state index contributed by atoms with van der Waals surface area (Å²) >= 11 is 0. The van der Waals surface area contributed by atoms with E-state index in [-0.39, 0.29) is 5.41 Å². The number of hydrogen-bond acceptors (Lipinski definition) is 2. The molecule has 0 aliphatic heterocycles. The molecule has 2 nitrogen and oxygen atoms in total. The fourth-order valence-electron chi connectivity index (χ4n) is 9.10. The fraction of sp³-hybridized carbons (Fsp3) is 0.0196. The van der Waals surface area contributed by atoms with Gasteiger partial charge in [0.15, 0.2) is 5.82 Å². The van der Waals surface area contributed by atoms with Crippen molar-refractivity contribution in [3.05, 3.63) is 216 Å². The number of rotatable bonds is 4. The number of hydrogen-bond donors (Lipinski definition) is 0. The van der Waals surface area contributed by atoms with Crippen LogP contribution in [0.25, 0.3) is 78.1 Å². The molecule has 2 heteroatoms. The van der Waals surface area contributed by atoms with Crippen molar-refractivity contribution in [2.24, 2.45) is 0 Å². The van der Waals surface area contributed by atoms with Crippen molar-refractivity contribution in [3.8, 4) is 67.3 Å². The monoisotopic (exact) mass is 672 g/mol. The van der Waals surface area contributed by atoms with Gasteiger partial charge < -0.3 is 0 Å². The zero-order valence-electron chi connectivity index (χ0n) is 28.9. The van der Waals surface area contributed by atoms with Crippen molar-refractivity contribution in [1.82, 2.24) is 9.97 Å². The number of benzene rings is 8. The second-order valence-electron chi connectivity index (χ2n) is 14.0. The highest BCUT2D eigenvalue weighted by Crippen LogP contribution is 2.62. The summed E-state index contributed by atoms with van der Waals surface area (Å²) in [5.74, 6) is 0.714. The fourth-order valence-corrected chi connectivity index (χ4v) is 9.10. The van der Waals surface area contributed by atoms with Crippen molar-refractivity contribution < 1.29 is 0 Å². The Balaban J connectivity index is 1.14. The summed E-state index contributed by atoms with van der Waals surface area (Å²) in [6, 6.07) is 70.1. The van der Waals surface area contributed by atoms with Gasteiger partial charge in [-0.15, -0.1) is 0 Å². The van der Waals surface area contributed by atoms with Gasteiger partial charge in [0.05, 0.1) is 16.8 Å². The van der Waals surface area contributed by atoms with Crippen molar-refractivity contribution in [1.29, 1.82) is 0 Å². The molecule has 246 valence electrons. The first-order valence-corrected chi connectivity index (χ1v) is 18.3. The van der Waals surface area contributed by atoms with Gasteiger partial charge in [-0.1, -0.05) is 182 Å². The molecule has 0 N–H and O–H groups in total. The van der Waals surface area contributed by atoms with Gasteiger partial charge in [-0.3, -0.25) is 0 Å². The standard InChI is InChI=1S/C51H32N2/c1-3-15-33(16-4-1)36-28-29-42(38-20-8-7-19-37(36)38)49-32-48(34-17-5-2-6-18-34)52-50(53-49)35-27-30-47-43(31-35)41-23-11-14-26-46(41)51(47)44-24-12-9-21-39(44)40-22-10-13-25-45(40)51/h1-32H. The van der Waals surface area contributed by atoms with Crippen LogP contribution in [0.3, 0.4) is 0 Å². The topological polar surface area (TPSA) is 25.8 Å². The molecular formula is C51H32N2. The van der Waals surface area contributed by atoms with E-state index in [0.29, 0.717) is 5.82 Å². The highest BCUT2D eigenvalue weighted by atomic mass is 14.9. The summed E-state index contributed by atoms with van der Waals surface area (Å²) in [4.78, 5) is 10.7. The zero-order valence-corrected chi connectivity index (χ0v) is 28.9. The van der Waals surface area contributed by atoms with Crippen molar-refractivity contribution in [2.75, 3.05) is 0 Å². The molecule has 0 saturated heterocycles. The summed E-state index contributed by atoms with van der Waals surface area (Å²) in [5.41, 5.74) is 17.4. The lowest BCUT2D eigenvalue weighted by molar-refractivity contribution is 0.794. The van der Waals surface area contributed by atoms with E-state index < -0.39 is 0 Å². The van der Waals surface area contributed by atoms with Gasteiger partial charge in [-0.05, 0) is 78.5 Å². The Morgan fingerprint density at radius 3 is 1.40 bits per heavy atom. The van der Waals surface area contributed by atoms with Crippen LogP contribution in [0.15, 0.2) is 194 Å². The Kier molecular flexibility index (Phi) is 6.50.